The first-order chi connectivity index (χ1) is 15.7. The Morgan fingerprint density at radius 3 is 1.82 bits per heavy atom. The molecule has 9 unspecified atom stereocenters. The minimum Gasteiger partial charge on any atom is -0.481 e. The summed E-state index contributed by atoms with van der Waals surface area (Å²) in [4.78, 5) is 21.0. The van der Waals surface area contributed by atoms with Gasteiger partial charge in [0, 0.05) is 51.2 Å². The van der Waals surface area contributed by atoms with E-state index in [0.717, 1.165) is 33.1 Å². The van der Waals surface area contributed by atoms with E-state index >= 15 is 0 Å². The summed E-state index contributed by atoms with van der Waals surface area (Å²) in [5, 5.41) is 15.0. The van der Waals surface area contributed by atoms with E-state index < -0.39 is 5.97 Å². The predicted octanol–water partition coefficient (Wildman–Crippen LogP) is 5.80. The standard InChI is InChI=1S/C10H16O2S.C6H9S.C6H8S.C4H8O2/c1-6(2)10(11)12-8-5-7-3-4-9(8)13-7;1-2-5-6-3-4(1)7(5)6;1-2-6-4-3-5(1)7-6;1-3(2)4(5)6/h6-9H,3-5H2,1-2H3;4-6H,1-3H2;1-2,5-6H,3-4H2;3H,1-2H3,(H,5,6)/q;+1;;/p+1. The van der Waals surface area contributed by atoms with Crippen LogP contribution in [0.2, 0.25) is 0 Å². The molecule has 6 saturated heterocycles. The normalized spacial score (nSPS) is 41.2. The molecule has 0 spiro atoms. The summed E-state index contributed by atoms with van der Waals surface area (Å²) >= 11 is 4.14. The minimum atomic E-state index is -0.741. The zero-order valence-electron chi connectivity index (χ0n) is 21.5. The number of carboxylic acids is 1. The van der Waals surface area contributed by atoms with E-state index in [2.05, 4.69) is 23.9 Å². The van der Waals surface area contributed by atoms with Gasteiger partial charge in [0.1, 0.15) is 11.4 Å². The highest BCUT2D eigenvalue weighted by atomic mass is 32.2. The van der Waals surface area contributed by atoms with E-state index in [1.807, 2.05) is 25.6 Å². The lowest BCUT2D eigenvalue weighted by atomic mass is 9.98. The fraction of sp³-hybridized carbons (Fsp3) is 0.846. The van der Waals surface area contributed by atoms with Gasteiger partial charge in [-0.25, -0.2) is 0 Å². The van der Waals surface area contributed by atoms with Gasteiger partial charge in [-0.2, -0.15) is 11.8 Å². The average molecular weight is 515 g/mol. The summed E-state index contributed by atoms with van der Waals surface area (Å²) in [6.07, 6.45) is 16.3. The number of carboxylic acid groups (broad SMARTS) is 1. The molecule has 0 radical (unpaired) electrons. The number of fused-ring (bicyclic) bond motifs is 5. The molecule has 7 heterocycles. The number of rotatable bonds is 3. The van der Waals surface area contributed by atoms with Gasteiger partial charge in [0.05, 0.1) is 11.8 Å². The summed E-state index contributed by atoms with van der Waals surface area (Å²) in [5.41, 5.74) is 0. The zero-order valence-corrected chi connectivity index (χ0v) is 22.9. The highest BCUT2D eigenvalue weighted by Crippen LogP contribution is 2.62. The number of esters is 1. The van der Waals surface area contributed by atoms with Crippen LogP contribution in [0, 0.1) is 11.8 Å². The number of carbonyl (C=O) groups is 2. The van der Waals surface area contributed by atoms with Crippen LogP contribution in [0.25, 0.3) is 0 Å². The number of aliphatic carboxylic acids is 1. The maximum atomic E-state index is 11.3. The molecule has 0 aromatic heterocycles. The molecule has 9 atom stereocenters. The lowest BCUT2D eigenvalue weighted by Crippen LogP contribution is -2.29. The zero-order chi connectivity index (χ0) is 23.7. The van der Waals surface area contributed by atoms with Crippen molar-refractivity contribution in [2.24, 2.45) is 11.8 Å². The summed E-state index contributed by atoms with van der Waals surface area (Å²) in [6, 6.07) is 0. The summed E-state index contributed by atoms with van der Waals surface area (Å²) in [5.74, 6) is -0.984. The number of ether oxygens (including phenoxy) is 1. The van der Waals surface area contributed by atoms with Crippen LogP contribution in [0.4, 0.5) is 0 Å². The van der Waals surface area contributed by atoms with E-state index in [1.165, 1.54) is 41.4 Å². The Bertz CT molecular complexity index is 720. The molecule has 7 rings (SSSR count). The van der Waals surface area contributed by atoms with Crippen LogP contribution in [0.3, 0.4) is 0 Å². The van der Waals surface area contributed by atoms with Crippen molar-refractivity contribution in [3.63, 3.8) is 0 Å². The van der Waals surface area contributed by atoms with Crippen molar-refractivity contribution in [1.29, 1.82) is 0 Å². The van der Waals surface area contributed by atoms with Crippen molar-refractivity contribution >= 4 is 46.4 Å². The molecule has 7 aliphatic heterocycles. The van der Waals surface area contributed by atoms with Gasteiger partial charge in [-0.3, -0.25) is 9.59 Å². The number of hydrogen-bond donors (Lipinski definition) is 1. The van der Waals surface area contributed by atoms with Crippen LogP contribution in [-0.2, 0) is 25.2 Å². The molecule has 4 bridgehead atoms. The van der Waals surface area contributed by atoms with Gasteiger partial charge in [0.15, 0.2) is 10.5 Å². The van der Waals surface area contributed by atoms with E-state index in [9.17, 15) is 9.59 Å². The quantitative estimate of drug-likeness (QED) is 0.222. The van der Waals surface area contributed by atoms with Gasteiger partial charge in [-0.1, -0.05) is 39.8 Å². The van der Waals surface area contributed by atoms with Crippen LogP contribution in [-0.4, -0.2) is 59.9 Å². The third-order valence-corrected chi connectivity index (χ3v) is 14.2. The third-order valence-electron chi connectivity index (χ3n) is 7.60. The maximum absolute atomic E-state index is 11.3. The Morgan fingerprint density at radius 2 is 1.58 bits per heavy atom. The van der Waals surface area contributed by atoms with Crippen molar-refractivity contribution < 1.29 is 20.9 Å². The minimum absolute atomic E-state index is 0. The van der Waals surface area contributed by atoms with Crippen molar-refractivity contribution in [2.75, 3.05) is 0 Å². The van der Waals surface area contributed by atoms with Crippen LogP contribution < -0.4 is 0 Å². The molecule has 33 heavy (non-hydrogen) atoms. The smallest absolute Gasteiger partial charge is 0.481 e. The van der Waals surface area contributed by atoms with Crippen LogP contribution in [0.1, 0.15) is 80.5 Å². The first kappa shape index (κ1) is 25.8. The second-order valence-electron chi connectivity index (χ2n) is 10.8. The molecule has 7 aliphatic rings. The Balaban J connectivity index is 0.000000133. The fourth-order valence-corrected chi connectivity index (χ4v) is 11.9. The van der Waals surface area contributed by atoms with Crippen molar-refractivity contribution in [1.82, 2.24) is 0 Å². The highest BCUT2D eigenvalue weighted by molar-refractivity contribution is 8.07. The lowest BCUT2D eigenvalue weighted by Gasteiger charge is -2.21. The monoisotopic (exact) mass is 514 g/mol. The Kier molecular flexibility index (Phi) is 8.76. The van der Waals surface area contributed by atoms with E-state index in [4.69, 9.17) is 9.84 Å². The van der Waals surface area contributed by atoms with Gasteiger partial charge in [-0.05, 0) is 32.1 Å². The van der Waals surface area contributed by atoms with Gasteiger partial charge < -0.3 is 9.84 Å². The SMILES string of the molecule is C1=CC2CCC1S2.C1CC2C3CC1[S+]23.CC(C)C(=O)O.CC(C)C(=O)OC1CC2CCC1S2.[H+]. The predicted molar refractivity (Wildman–Crippen MR) is 143 cm³/mol. The van der Waals surface area contributed by atoms with Crippen LogP contribution >= 0.6 is 23.5 Å². The second kappa shape index (κ2) is 11.2. The summed E-state index contributed by atoms with van der Waals surface area (Å²) < 4.78 is 5.45. The number of carbonyl (C=O) groups excluding carboxylic acids is 1. The molecule has 1 N–H and O–H groups in total. The molecule has 7 heteroatoms. The molecule has 0 aliphatic carbocycles. The second-order valence-corrected chi connectivity index (χ2v) is 16.5. The fourth-order valence-electron chi connectivity index (χ4n) is 5.47. The topological polar surface area (TPSA) is 63.6 Å². The van der Waals surface area contributed by atoms with Gasteiger partial charge in [0.25, 0.3) is 0 Å². The van der Waals surface area contributed by atoms with Crippen LogP contribution in [0.15, 0.2) is 12.2 Å². The Labute approximate surface area is 212 Å². The number of hydrogen-bond acceptors (Lipinski definition) is 5. The van der Waals surface area contributed by atoms with E-state index in [1.54, 1.807) is 33.1 Å². The molecule has 0 aromatic rings. The van der Waals surface area contributed by atoms with Crippen molar-refractivity contribution in [3.05, 3.63) is 12.2 Å². The summed E-state index contributed by atoms with van der Waals surface area (Å²) in [7, 11) is 1.05. The molecule has 4 nitrogen and oxygen atoms in total. The first-order valence-corrected chi connectivity index (χ1v) is 16.2. The Hall–Kier alpha value is -0.270. The van der Waals surface area contributed by atoms with Gasteiger partial charge in [-0.15, -0.1) is 11.8 Å². The molecular formula is C26H42O4S3+2. The molecular weight excluding hydrogens is 472 g/mol. The maximum Gasteiger partial charge on any atom is 1.00 e. The van der Waals surface area contributed by atoms with E-state index in [0.29, 0.717) is 5.25 Å². The summed E-state index contributed by atoms with van der Waals surface area (Å²) in [6.45, 7) is 7.07. The molecule has 0 amide bonds. The molecule has 6 fully saturated rings. The molecule has 186 valence electrons. The lowest BCUT2D eigenvalue weighted by molar-refractivity contribution is -0.153. The van der Waals surface area contributed by atoms with Crippen molar-refractivity contribution in [2.45, 2.75) is 122 Å². The van der Waals surface area contributed by atoms with Gasteiger partial charge in [0.2, 0.25) is 0 Å². The average Bonchev–Trinajstić information content (AvgIpc) is 3.47. The molecule has 0 saturated carbocycles. The first-order valence-electron chi connectivity index (χ1n) is 12.9. The van der Waals surface area contributed by atoms with Crippen molar-refractivity contribution in [3.8, 4) is 0 Å². The highest BCUT2D eigenvalue weighted by Gasteiger charge is 2.79. The van der Waals surface area contributed by atoms with E-state index in [-0.39, 0.29) is 25.3 Å². The molecule has 0 aromatic carbocycles. The van der Waals surface area contributed by atoms with Gasteiger partial charge >= 0.3 is 13.4 Å². The van der Waals surface area contributed by atoms with Crippen LogP contribution in [0.5, 0.6) is 0 Å². The Morgan fingerprint density at radius 1 is 0.909 bits per heavy atom. The number of thioether (sulfide) groups is 2. The largest absolute Gasteiger partial charge is 1.00 e. The third kappa shape index (κ3) is 6.49.